The lowest BCUT2D eigenvalue weighted by Crippen LogP contribution is -2.29. The van der Waals surface area contributed by atoms with E-state index in [4.69, 9.17) is 34.8 Å². The topological polar surface area (TPSA) is 255 Å². The van der Waals surface area contributed by atoms with Gasteiger partial charge in [0.2, 0.25) is 5.82 Å². The average Bonchev–Trinajstić information content (AvgIpc) is 1.63. The van der Waals surface area contributed by atoms with E-state index >= 15 is 0 Å². The first kappa shape index (κ1) is 70.4. The Hall–Kier alpha value is -11.9. The van der Waals surface area contributed by atoms with Crippen molar-refractivity contribution in [3.8, 4) is 17.1 Å². The molecule has 1 atom stereocenters. The van der Waals surface area contributed by atoms with Crippen LogP contribution in [0.1, 0.15) is 119 Å². The van der Waals surface area contributed by atoms with Gasteiger partial charge in [0.1, 0.15) is 41.5 Å². The summed E-state index contributed by atoms with van der Waals surface area (Å²) in [6, 6.07) is 48.9. The van der Waals surface area contributed by atoms with E-state index in [0.717, 1.165) is 5.56 Å². The SMILES string of the molecule is C.C=C1CN=C(c2ccccc2F)c2cc(C)ccc2N1CC(=O)O.CC1N=C(c2ccccc2F)c2cc(Cl)ccc2-n2nc(C(=O)O)nc21.O=C(O)c1ccc2n1-c1ccc(Cl)cc1C(c1ccccc1F)=NC2.O=C(O)c1ncc2n1-c1ccc(Cl)cc1C(c1ccccc1F)=NC2. The molecule has 26 heteroatoms. The maximum atomic E-state index is 14.4. The Morgan fingerprint density at radius 3 is 1.44 bits per heavy atom. The summed E-state index contributed by atoms with van der Waals surface area (Å²) in [7, 11) is 0. The highest BCUT2D eigenvalue weighted by molar-refractivity contribution is 6.32. The minimum absolute atomic E-state index is 0. The van der Waals surface area contributed by atoms with Gasteiger partial charge in [0, 0.05) is 71.0 Å². The standard InChI is InChI=1S/C19H12ClFN2O2.C19H17FN2O2.C18H12ClFN4O2.C18H11ClFN3O2.CH4/c20-11-5-7-16-14(9-11)18(13-3-1-2-4-15(13)21)22-10-12-6-8-17(19(24)25)23(12)16;1-12-7-8-17-15(9-12)19(14-5-3-4-6-16(14)20)21-10-13(2)22(17)11-18(23)24;1-9-17-22-16(18(25)26)23-24(17)14-7-6-10(19)8-12(14)15(21-9)11-4-2-3-5-13(11)20;19-10-5-6-15-13(7-10)16(12-3-1-2-4-14(12)20)21-8-11-9-22-17(18(24)25)23(11)15;/h1-9H,10H2,(H,24,25);3-9H,2,10-11H2,1H3,(H,23,24);2-9H,1H3,(H,25,26);1-7,9H,8H2,(H,24,25);1H4. The van der Waals surface area contributed by atoms with E-state index in [9.17, 15) is 57.2 Å². The number of aromatic carboxylic acids is 3. The summed E-state index contributed by atoms with van der Waals surface area (Å²) >= 11 is 18.4. The summed E-state index contributed by atoms with van der Waals surface area (Å²) < 4.78 is 62.0. The number of carboxylic acids is 4. The normalized spacial score (nSPS) is 13.7. The number of benzene rings is 8. The molecule has 0 bridgehead atoms. The van der Waals surface area contributed by atoms with Gasteiger partial charge in [0.05, 0.1) is 77.1 Å². The first-order valence-electron chi connectivity index (χ1n) is 30.4. The molecule has 4 N–H and O–H groups in total. The number of aromatic nitrogens is 6. The number of rotatable bonds is 9. The maximum absolute atomic E-state index is 14.4. The summed E-state index contributed by atoms with van der Waals surface area (Å²) in [5.41, 5.74) is 11.0. The quantitative estimate of drug-likeness (QED) is 0.0984. The maximum Gasteiger partial charge on any atom is 0.375 e. The Kier molecular flexibility index (Phi) is 20.7. The smallest absolute Gasteiger partial charge is 0.375 e. The molecule has 0 amide bonds. The van der Waals surface area contributed by atoms with Gasteiger partial charge in [-0.25, -0.2) is 46.6 Å². The van der Waals surface area contributed by atoms with Crippen LogP contribution in [0.2, 0.25) is 15.1 Å². The van der Waals surface area contributed by atoms with Crippen LogP contribution in [0.3, 0.4) is 0 Å². The molecular weight excluding hydrogens is 1370 g/mol. The van der Waals surface area contributed by atoms with Gasteiger partial charge < -0.3 is 29.9 Å². The number of carboxylic acid groups (broad SMARTS) is 4. The number of imidazole rings is 1. The molecule has 508 valence electrons. The largest absolute Gasteiger partial charge is 0.480 e. The number of benzodiazepines with no additional fused rings is 1. The van der Waals surface area contributed by atoms with E-state index in [1.165, 1.54) is 39.7 Å². The lowest BCUT2D eigenvalue weighted by molar-refractivity contribution is -0.135. The van der Waals surface area contributed by atoms with Crippen molar-refractivity contribution < 1.29 is 57.2 Å². The third-order valence-corrected chi connectivity index (χ3v) is 16.9. The lowest BCUT2D eigenvalue weighted by Gasteiger charge is -2.24. The van der Waals surface area contributed by atoms with E-state index in [2.05, 4.69) is 41.6 Å². The number of hydrogen-bond donors (Lipinski definition) is 4. The van der Waals surface area contributed by atoms with Gasteiger partial charge in [-0.05, 0) is 141 Å². The fourth-order valence-corrected chi connectivity index (χ4v) is 12.3. The summed E-state index contributed by atoms with van der Waals surface area (Å²) in [4.78, 5) is 73.5. The van der Waals surface area contributed by atoms with E-state index in [1.54, 1.807) is 156 Å². The van der Waals surface area contributed by atoms with Crippen molar-refractivity contribution in [2.45, 2.75) is 40.4 Å². The van der Waals surface area contributed by atoms with Crippen molar-refractivity contribution in [3.05, 3.63) is 323 Å². The van der Waals surface area contributed by atoms with Gasteiger partial charge in [0.25, 0.3) is 5.82 Å². The van der Waals surface area contributed by atoms with Gasteiger partial charge >= 0.3 is 23.9 Å². The first-order chi connectivity index (χ1) is 48.0. The highest BCUT2D eigenvalue weighted by Gasteiger charge is 2.31. The van der Waals surface area contributed by atoms with E-state index in [-0.39, 0.29) is 56.8 Å². The molecule has 0 fully saturated rings. The minimum Gasteiger partial charge on any atom is -0.480 e. The van der Waals surface area contributed by atoms with Crippen LogP contribution in [0.15, 0.2) is 220 Å². The van der Waals surface area contributed by atoms with Gasteiger partial charge in [-0.1, -0.05) is 109 Å². The zero-order chi connectivity index (χ0) is 70.8. The van der Waals surface area contributed by atoms with Crippen molar-refractivity contribution in [1.82, 2.24) is 28.9 Å². The van der Waals surface area contributed by atoms with Crippen LogP contribution < -0.4 is 4.90 Å². The summed E-state index contributed by atoms with van der Waals surface area (Å²) in [6.07, 6.45) is 1.47. The Morgan fingerprint density at radius 1 is 0.505 bits per heavy atom. The molecule has 0 saturated carbocycles. The Morgan fingerprint density at radius 2 is 0.950 bits per heavy atom. The summed E-state index contributed by atoms with van der Waals surface area (Å²) in [5, 5.41) is 42.8. The summed E-state index contributed by atoms with van der Waals surface area (Å²) in [6.45, 7) is 8.04. The average molecular weight is 1420 g/mol. The van der Waals surface area contributed by atoms with Crippen LogP contribution in [0, 0.1) is 30.2 Å². The van der Waals surface area contributed by atoms with Crippen LogP contribution in [0.5, 0.6) is 0 Å². The Bertz CT molecular complexity index is 5150. The molecule has 0 spiro atoms. The predicted molar refractivity (Wildman–Crippen MR) is 377 cm³/mol. The Balaban J connectivity index is 0.000000135. The van der Waals surface area contributed by atoms with Crippen LogP contribution >= 0.6 is 34.8 Å². The summed E-state index contributed by atoms with van der Waals surface area (Å²) in [5.74, 6) is -6.04. The molecule has 4 aliphatic rings. The highest BCUT2D eigenvalue weighted by Crippen LogP contribution is 2.36. The molecule has 0 aliphatic carbocycles. The number of aliphatic imine (C=N–C) groups is 4. The van der Waals surface area contributed by atoms with Crippen molar-refractivity contribution in [3.63, 3.8) is 0 Å². The van der Waals surface area contributed by atoms with E-state index in [0.29, 0.717) is 128 Å². The number of hydrogen-bond acceptors (Lipinski definition) is 12. The number of halogens is 7. The molecule has 1 unspecified atom stereocenters. The second-order valence-corrected chi connectivity index (χ2v) is 24.0. The number of carbonyl (C=O) groups is 4. The van der Waals surface area contributed by atoms with Crippen molar-refractivity contribution in [2.24, 2.45) is 20.0 Å². The minimum atomic E-state index is -1.23. The molecule has 7 heterocycles. The highest BCUT2D eigenvalue weighted by atomic mass is 35.5. The predicted octanol–water partition coefficient (Wildman–Crippen LogP) is 15.7. The monoisotopic (exact) mass is 1420 g/mol. The van der Waals surface area contributed by atoms with E-state index < -0.39 is 47.4 Å². The number of aliphatic carboxylic acids is 1. The molecule has 0 radical (unpaired) electrons. The molecule has 101 heavy (non-hydrogen) atoms. The third kappa shape index (κ3) is 14.4. The van der Waals surface area contributed by atoms with Gasteiger partial charge in [0.15, 0.2) is 5.82 Å². The zero-order valence-corrected chi connectivity index (χ0v) is 54.8. The van der Waals surface area contributed by atoms with Crippen LogP contribution in [-0.4, -0.2) is 109 Å². The lowest BCUT2D eigenvalue weighted by atomic mass is 9.98. The van der Waals surface area contributed by atoms with Crippen LogP contribution in [0.25, 0.3) is 17.1 Å². The molecule has 15 rings (SSSR count). The van der Waals surface area contributed by atoms with Gasteiger partial charge in [-0.3, -0.25) is 29.3 Å². The van der Waals surface area contributed by atoms with Crippen molar-refractivity contribution in [1.29, 1.82) is 0 Å². The number of nitrogens with zero attached hydrogens (tertiary/aromatic N) is 11. The fourth-order valence-electron chi connectivity index (χ4n) is 11.8. The molecule has 19 nitrogen and oxygen atoms in total. The zero-order valence-electron chi connectivity index (χ0n) is 52.5. The number of anilines is 1. The molecule has 4 aliphatic heterocycles. The molecule has 8 aromatic carbocycles. The third-order valence-electron chi connectivity index (χ3n) is 16.2. The number of fused-ring (bicyclic) bond motifs is 10. The molecule has 3 aromatic heterocycles. The number of aryl methyl sites for hydroxylation is 1. The molecule has 0 saturated heterocycles. The second-order valence-electron chi connectivity index (χ2n) is 22.7. The first-order valence-corrected chi connectivity index (χ1v) is 31.5. The second kappa shape index (κ2) is 29.7. The Labute approximate surface area is 589 Å². The van der Waals surface area contributed by atoms with Crippen molar-refractivity contribution in [2.75, 3.05) is 18.0 Å². The van der Waals surface area contributed by atoms with Crippen molar-refractivity contribution >= 4 is 87.2 Å². The van der Waals surface area contributed by atoms with Crippen LogP contribution in [-0.2, 0) is 17.9 Å². The van der Waals surface area contributed by atoms with E-state index in [1.807, 2.05) is 25.1 Å². The fraction of sp³-hybridized carbons (Fsp3) is 0.107. The molecule has 11 aromatic rings. The molecular formula is C75H56Cl3F4N11O8. The van der Waals surface area contributed by atoms with Gasteiger partial charge in [-0.2, -0.15) is 0 Å². The van der Waals surface area contributed by atoms with Crippen LogP contribution in [0.4, 0.5) is 23.2 Å². The van der Waals surface area contributed by atoms with Gasteiger partial charge in [-0.15, -0.1) is 5.10 Å².